The van der Waals surface area contributed by atoms with E-state index in [1.807, 2.05) is 31.2 Å². The predicted octanol–water partition coefficient (Wildman–Crippen LogP) is 4.80. The summed E-state index contributed by atoms with van der Waals surface area (Å²) in [5.74, 6) is -0.0283. The minimum atomic E-state index is -0.692. The van der Waals surface area contributed by atoms with Crippen molar-refractivity contribution < 1.29 is 19.1 Å². The van der Waals surface area contributed by atoms with Crippen LogP contribution in [0.15, 0.2) is 63.7 Å². The van der Waals surface area contributed by atoms with E-state index in [1.54, 1.807) is 24.3 Å². The Balaban J connectivity index is 1.84. The number of oxime groups is 1. The Bertz CT molecular complexity index is 1070. The van der Waals surface area contributed by atoms with Crippen molar-refractivity contribution in [1.82, 2.24) is 9.97 Å². The van der Waals surface area contributed by atoms with Gasteiger partial charge in [-0.05, 0) is 41.9 Å². The molecule has 0 unspecified atom stereocenters. The molecule has 3 rings (SSSR count). The molecule has 7 nitrogen and oxygen atoms in total. The standard InChI is InChI=1S/C21H18ClN3O4S/c1-13-7-4-5-8-14(13)12-23-29-20(26)19-15(22)9-6-10-16(19)30-21-24-17(27-2)11-18(25-21)28-3/h4-12H,1-3H3/b23-12+. The first-order chi connectivity index (χ1) is 14.5. The van der Waals surface area contributed by atoms with E-state index in [4.69, 9.17) is 25.9 Å². The van der Waals surface area contributed by atoms with Crippen molar-refractivity contribution in [2.45, 2.75) is 17.0 Å². The molecule has 2 aromatic carbocycles. The molecule has 0 saturated heterocycles. The highest BCUT2D eigenvalue weighted by Crippen LogP contribution is 2.34. The third kappa shape index (κ3) is 5.28. The van der Waals surface area contributed by atoms with Gasteiger partial charge in [-0.2, -0.15) is 9.97 Å². The summed E-state index contributed by atoms with van der Waals surface area (Å²) < 4.78 is 10.3. The van der Waals surface area contributed by atoms with E-state index in [0.29, 0.717) is 21.8 Å². The third-order valence-electron chi connectivity index (χ3n) is 3.97. The molecular weight excluding hydrogens is 426 g/mol. The average Bonchev–Trinajstić information content (AvgIpc) is 2.74. The van der Waals surface area contributed by atoms with Crippen LogP contribution in [0.1, 0.15) is 21.5 Å². The molecule has 0 spiro atoms. The van der Waals surface area contributed by atoms with Crippen LogP contribution in [0.2, 0.25) is 5.02 Å². The van der Waals surface area contributed by atoms with E-state index in [0.717, 1.165) is 22.9 Å². The zero-order valence-electron chi connectivity index (χ0n) is 16.5. The monoisotopic (exact) mass is 443 g/mol. The van der Waals surface area contributed by atoms with Gasteiger partial charge in [0, 0.05) is 4.90 Å². The quantitative estimate of drug-likeness (QED) is 0.224. The molecular formula is C21H18ClN3O4S. The summed E-state index contributed by atoms with van der Waals surface area (Å²) >= 11 is 7.40. The summed E-state index contributed by atoms with van der Waals surface area (Å²) in [4.78, 5) is 26.8. The van der Waals surface area contributed by atoms with E-state index in [9.17, 15) is 4.79 Å². The summed E-state index contributed by atoms with van der Waals surface area (Å²) in [6, 6.07) is 14.2. The summed E-state index contributed by atoms with van der Waals surface area (Å²) in [5.41, 5.74) is 2.02. The molecule has 0 amide bonds. The van der Waals surface area contributed by atoms with E-state index < -0.39 is 5.97 Å². The maximum absolute atomic E-state index is 12.7. The van der Waals surface area contributed by atoms with Crippen molar-refractivity contribution >= 4 is 35.5 Å². The molecule has 0 radical (unpaired) electrons. The SMILES string of the molecule is COc1cc(OC)nc(Sc2cccc(Cl)c2C(=O)O/N=C/c2ccccc2C)n1. The second kappa shape index (κ2) is 10.1. The van der Waals surface area contributed by atoms with Crippen LogP contribution in [0.3, 0.4) is 0 Å². The first-order valence-electron chi connectivity index (χ1n) is 8.75. The number of hydrogen-bond donors (Lipinski definition) is 0. The summed E-state index contributed by atoms with van der Waals surface area (Å²) in [6.07, 6.45) is 1.48. The number of methoxy groups -OCH3 is 2. The fraction of sp³-hybridized carbons (Fsp3) is 0.143. The number of nitrogens with zero attached hydrogens (tertiary/aromatic N) is 3. The molecule has 1 aromatic heterocycles. The number of aromatic nitrogens is 2. The number of rotatable bonds is 7. The van der Waals surface area contributed by atoms with Gasteiger partial charge < -0.3 is 14.3 Å². The zero-order valence-corrected chi connectivity index (χ0v) is 18.0. The second-order valence-corrected chi connectivity index (χ2v) is 7.34. The molecule has 0 atom stereocenters. The molecule has 0 aliphatic rings. The van der Waals surface area contributed by atoms with Gasteiger partial charge in [0.15, 0.2) is 5.16 Å². The topological polar surface area (TPSA) is 82.9 Å². The lowest BCUT2D eigenvalue weighted by atomic mass is 10.1. The number of carbonyl (C=O) groups is 1. The molecule has 3 aromatic rings. The molecule has 0 saturated carbocycles. The first-order valence-corrected chi connectivity index (χ1v) is 9.95. The lowest BCUT2D eigenvalue weighted by Gasteiger charge is -2.09. The molecule has 0 N–H and O–H groups in total. The third-order valence-corrected chi connectivity index (χ3v) is 5.21. The normalized spacial score (nSPS) is 10.8. The van der Waals surface area contributed by atoms with Crippen LogP contribution in [-0.4, -0.2) is 36.4 Å². The molecule has 0 bridgehead atoms. The lowest BCUT2D eigenvalue weighted by Crippen LogP contribution is -2.05. The van der Waals surface area contributed by atoms with Crippen LogP contribution in [0.4, 0.5) is 0 Å². The van der Waals surface area contributed by atoms with Gasteiger partial charge in [0.1, 0.15) is 0 Å². The van der Waals surface area contributed by atoms with Crippen LogP contribution in [-0.2, 0) is 4.84 Å². The van der Waals surface area contributed by atoms with Crippen LogP contribution < -0.4 is 9.47 Å². The van der Waals surface area contributed by atoms with Gasteiger partial charge in [-0.25, -0.2) is 4.79 Å². The van der Waals surface area contributed by atoms with Crippen LogP contribution >= 0.6 is 23.4 Å². The van der Waals surface area contributed by atoms with Gasteiger partial charge in [-0.1, -0.05) is 47.1 Å². The smallest absolute Gasteiger partial charge is 0.368 e. The molecule has 154 valence electrons. The summed E-state index contributed by atoms with van der Waals surface area (Å²) in [5, 5.41) is 4.36. The number of halogens is 1. The van der Waals surface area contributed by atoms with E-state index in [2.05, 4.69) is 15.1 Å². The maximum Gasteiger partial charge on any atom is 0.368 e. The van der Waals surface area contributed by atoms with Crippen molar-refractivity contribution in [3.63, 3.8) is 0 Å². The predicted molar refractivity (Wildman–Crippen MR) is 115 cm³/mol. The molecule has 0 fully saturated rings. The van der Waals surface area contributed by atoms with Gasteiger partial charge in [-0.3, -0.25) is 0 Å². The van der Waals surface area contributed by atoms with Crippen LogP contribution in [0, 0.1) is 6.92 Å². The number of ether oxygens (including phenoxy) is 2. The van der Waals surface area contributed by atoms with Gasteiger partial charge >= 0.3 is 5.97 Å². The van der Waals surface area contributed by atoms with Gasteiger partial charge in [0.2, 0.25) is 11.8 Å². The second-order valence-electron chi connectivity index (χ2n) is 5.92. The van der Waals surface area contributed by atoms with E-state index >= 15 is 0 Å². The zero-order chi connectivity index (χ0) is 21.5. The highest BCUT2D eigenvalue weighted by molar-refractivity contribution is 7.99. The van der Waals surface area contributed by atoms with Crippen molar-refractivity contribution in [1.29, 1.82) is 0 Å². The maximum atomic E-state index is 12.7. The van der Waals surface area contributed by atoms with Crippen molar-refractivity contribution in [2.24, 2.45) is 5.16 Å². The minimum Gasteiger partial charge on any atom is -0.481 e. The van der Waals surface area contributed by atoms with Gasteiger partial charge in [0.05, 0.1) is 37.1 Å². The highest BCUT2D eigenvalue weighted by Gasteiger charge is 2.20. The average molecular weight is 444 g/mol. The Labute approximate surface area is 183 Å². The number of hydrogen-bond acceptors (Lipinski definition) is 8. The molecule has 0 aliphatic carbocycles. The molecule has 1 heterocycles. The van der Waals surface area contributed by atoms with E-state index in [1.165, 1.54) is 20.4 Å². The van der Waals surface area contributed by atoms with Crippen LogP contribution in [0.5, 0.6) is 11.8 Å². The summed E-state index contributed by atoms with van der Waals surface area (Å²) in [6.45, 7) is 1.94. The fourth-order valence-electron chi connectivity index (χ4n) is 2.43. The Morgan fingerprint density at radius 2 is 1.77 bits per heavy atom. The Hall–Kier alpha value is -3.10. The van der Waals surface area contributed by atoms with Gasteiger partial charge in [-0.15, -0.1) is 0 Å². The Kier molecular flexibility index (Phi) is 7.26. The Morgan fingerprint density at radius 1 is 1.07 bits per heavy atom. The first kappa shape index (κ1) is 21.6. The van der Waals surface area contributed by atoms with Crippen molar-refractivity contribution in [3.8, 4) is 11.8 Å². The van der Waals surface area contributed by atoms with E-state index in [-0.39, 0.29) is 10.6 Å². The van der Waals surface area contributed by atoms with Crippen molar-refractivity contribution in [3.05, 3.63) is 70.2 Å². The van der Waals surface area contributed by atoms with Gasteiger partial charge in [0.25, 0.3) is 0 Å². The minimum absolute atomic E-state index is 0.163. The lowest BCUT2D eigenvalue weighted by molar-refractivity contribution is 0.0515. The molecule has 9 heteroatoms. The number of aryl methyl sites for hydroxylation is 1. The summed E-state index contributed by atoms with van der Waals surface area (Å²) in [7, 11) is 2.98. The fourth-order valence-corrected chi connectivity index (χ4v) is 3.65. The largest absolute Gasteiger partial charge is 0.481 e. The Morgan fingerprint density at radius 3 is 2.43 bits per heavy atom. The van der Waals surface area contributed by atoms with Crippen molar-refractivity contribution in [2.75, 3.05) is 14.2 Å². The number of benzene rings is 2. The molecule has 30 heavy (non-hydrogen) atoms. The molecule has 0 aliphatic heterocycles. The van der Waals surface area contributed by atoms with Crippen LogP contribution in [0.25, 0.3) is 0 Å². The highest BCUT2D eigenvalue weighted by atomic mass is 35.5. The number of carbonyl (C=O) groups excluding carboxylic acids is 1.